The van der Waals surface area contributed by atoms with E-state index in [2.05, 4.69) is 5.10 Å². The average Bonchev–Trinajstić information content (AvgIpc) is 3.35. The number of aryl methyl sites for hydroxylation is 1. The summed E-state index contributed by atoms with van der Waals surface area (Å²) in [5.41, 5.74) is 1.37. The highest BCUT2D eigenvalue weighted by Gasteiger charge is 2.30. The molecule has 0 aliphatic carbocycles. The molecule has 152 valence electrons. The lowest BCUT2D eigenvalue weighted by molar-refractivity contribution is 0.0681. The van der Waals surface area contributed by atoms with Crippen molar-refractivity contribution in [1.29, 1.82) is 0 Å². The quantitative estimate of drug-likeness (QED) is 0.527. The minimum absolute atomic E-state index is 0.0916. The molecule has 0 radical (unpaired) electrons. The van der Waals surface area contributed by atoms with Crippen molar-refractivity contribution >= 4 is 16.9 Å². The summed E-state index contributed by atoms with van der Waals surface area (Å²) < 4.78 is 8.80. The summed E-state index contributed by atoms with van der Waals surface area (Å²) >= 11 is 0. The van der Waals surface area contributed by atoms with Crippen molar-refractivity contribution in [3.8, 4) is 5.69 Å². The minimum Gasteiger partial charge on any atom is -0.451 e. The van der Waals surface area contributed by atoms with E-state index in [0.717, 1.165) is 35.3 Å². The number of hydrogen-bond acceptors (Lipinski definition) is 4. The standard InChI is InChI=1S/C23H22N4O3/c1-25-23(29)27(18-8-3-2-4-9-18)21(24-25)16-11-13-26(14-12-16)22(28)20-15-17-7-5-6-10-19(17)30-20/h2-10,15-16H,11-14H2,1H3. The molecule has 1 aliphatic rings. The molecule has 0 bridgehead atoms. The number of amides is 1. The van der Waals surface area contributed by atoms with E-state index in [0.29, 0.717) is 18.8 Å². The van der Waals surface area contributed by atoms with Crippen molar-refractivity contribution in [3.63, 3.8) is 0 Å². The number of fused-ring (bicyclic) bond motifs is 1. The zero-order valence-electron chi connectivity index (χ0n) is 16.7. The van der Waals surface area contributed by atoms with Crippen LogP contribution in [0.2, 0.25) is 0 Å². The van der Waals surface area contributed by atoms with Gasteiger partial charge in [0.25, 0.3) is 5.91 Å². The van der Waals surface area contributed by atoms with Crippen LogP contribution in [0.25, 0.3) is 16.7 Å². The molecular formula is C23H22N4O3. The molecule has 5 rings (SSSR count). The first kappa shape index (κ1) is 18.4. The molecule has 1 fully saturated rings. The largest absolute Gasteiger partial charge is 0.451 e. The highest BCUT2D eigenvalue weighted by Crippen LogP contribution is 2.29. The molecule has 0 N–H and O–H groups in total. The van der Waals surface area contributed by atoms with Crippen LogP contribution in [0.4, 0.5) is 0 Å². The predicted molar refractivity (Wildman–Crippen MR) is 113 cm³/mol. The molecule has 2 aromatic heterocycles. The fraction of sp³-hybridized carbons (Fsp3) is 0.261. The van der Waals surface area contributed by atoms with Gasteiger partial charge in [-0.3, -0.25) is 4.79 Å². The van der Waals surface area contributed by atoms with Crippen molar-refractivity contribution in [1.82, 2.24) is 19.2 Å². The first-order valence-electron chi connectivity index (χ1n) is 10.1. The van der Waals surface area contributed by atoms with Crippen LogP contribution in [-0.2, 0) is 7.05 Å². The number of piperidine rings is 1. The predicted octanol–water partition coefficient (Wildman–Crippen LogP) is 3.34. The number of aromatic nitrogens is 3. The Bertz CT molecular complexity index is 1230. The van der Waals surface area contributed by atoms with Crippen LogP contribution in [0.3, 0.4) is 0 Å². The van der Waals surface area contributed by atoms with Crippen molar-refractivity contribution in [2.75, 3.05) is 13.1 Å². The lowest BCUT2D eigenvalue weighted by Crippen LogP contribution is -2.38. The zero-order valence-corrected chi connectivity index (χ0v) is 16.7. The monoisotopic (exact) mass is 402 g/mol. The van der Waals surface area contributed by atoms with Crippen LogP contribution in [0, 0.1) is 0 Å². The maximum Gasteiger partial charge on any atom is 0.350 e. The number of furan rings is 1. The van der Waals surface area contributed by atoms with E-state index < -0.39 is 0 Å². The molecule has 0 atom stereocenters. The zero-order chi connectivity index (χ0) is 20.7. The topological polar surface area (TPSA) is 73.3 Å². The number of nitrogens with zero attached hydrogens (tertiary/aromatic N) is 4. The van der Waals surface area contributed by atoms with Crippen LogP contribution in [0.15, 0.2) is 69.9 Å². The van der Waals surface area contributed by atoms with Crippen molar-refractivity contribution in [3.05, 3.63) is 82.7 Å². The molecule has 3 heterocycles. The van der Waals surface area contributed by atoms with Gasteiger partial charge in [0.15, 0.2) is 5.76 Å². The van der Waals surface area contributed by atoms with Gasteiger partial charge in [-0.2, -0.15) is 5.10 Å². The van der Waals surface area contributed by atoms with Crippen LogP contribution < -0.4 is 5.69 Å². The van der Waals surface area contributed by atoms with Crippen LogP contribution in [0.5, 0.6) is 0 Å². The van der Waals surface area contributed by atoms with Gasteiger partial charge in [-0.05, 0) is 37.1 Å². The Balaban J connectivity index is 1.36. The summed E-state index contributed by atoms with van der Waals surface area (Å²) in [5.74, 6) is 1.14. The minimum atomic E-state index is -0.156. The van der Waals surface area contributed by atoms with E-state index in [1.54, 1.807) is 17.7 Å². The summed E-state index contributed by atoms with van der Waals surface area (Å²) in [5, 5.41) is 5.44. The van der Waals surface area contributed by atoms with E-state index in [4.69, 9.17) is 4.42 Å². The molecule has 1 aliphatic heterocycles. The summed E-state index contributed by atoms with van der Waals surface area (Å²) in [7, 11) is 1.67. The molecule has 1 amide bonds. The van der Waals surface area contributed by atoms with Gasteiger partial charge in [-0.25, -0.2) is 14.0 Å². The Morgan fingerprint density at radius 3 is 2.47 bits per heavy atom. The first-order chi connectivity index (χ1) is 14.6. The Hall–Kier alpha value is -3.61. The number of carbonyl (C=O) groups excluding carboxylic acids is 1. The Kier molecular flexibility index (Phi) is 4.50. The van der Waals surface area contributed by atoms with Crippen LogP contribution >= 0.6 is 0 Å². The maximum atomic E-state index is 12.9. The SMILES string of the molecule is Cn1nc(C2CCN(C(=O)c3cc4ccccc4o3)CC2)n(-c2ccccc2)c1=O. The summed E-state index contributed by atoms with van der Waals surface area (Å²) in [6.45, 7) is 1.19. The number of para-hydroxylation sites is 2. The number of rotatable bonds is 3. The number of benzene rings is 2. The lowest BCUT2D eigenvalue weighted by Gasteiger charge is -2.31. The summed E-state index contributed by atoms with van der Waals surface area (Å²) in [6, 6.07) is 19.0. The van der Waals surface area contributed by atoms with E-state index in [-0.39, 0.29) is 17.5 Å². The Morgan fingerprint density at radius 1 is 1.03 bits per heavy atom. The molecular weight excluding hydrogens is 380 g/mol. The fourth-order valence-electron chi connectivity index (χ4n) is 4.15. The van der Waals surface area contributed by atoms with E-state index in [9.17, 15) is 9.59 Å². The van der Waals surface area contributed by atoms with Crippen molar-refractivity contribution < 1.29 is 9.21 Å². The van der Waals surface area contributed by atoms with Gasteiger partial charge in [0, 0.05) is 31.4 Å². The average molecular weight is 402 g/mol. The molecule has 30 heavy (non-hydrogen) atoms. The highest BCUT2D eigenvalue weighted by molar-refractivity contribution is 5.96. The van der Waals surface area contributed by atoms with Gasteiger partial charge < -0.3 is 9.32 Å². The van der Waals surface area contributed by atoms with Gasteiger partial charge in [0.2, 0.25) is 0 Å². The summed E-state index contributed by atoms with van der Waals surface area (Å²) in [6.07, 6.45) is 1.49. The number of likely N-dealkylation sites (tertiary alicyclic amines) is 1. The molecule has 1 saturated heterocycles. The molecule has 7 heteroatoms. The third-order valence-electron chi connectivity index (χ3n) is 5.75. The van der Waals surface area contributed by atoms with Gasteiger partial charge in [-0.15, -0.1) is 0 Å². The second-order valence-electron chi connectivity index (χ2n) is 7.65. The number of carbonyl (C=O) groups is 1. The molecule has 0 saturated carbocycles. The van der Waals surface area contributed by atoms with Gasteiger partial charge in [0.1, 0.15) is 11.4 Å². The first-order valence-corrected chi connectivity index (χ1v) is 10.1. The van der Waals surface area contributed by atoms with E-state index >= 15 is 0 Å². The maximum absolute atomic E-state index is 12.9. The van der Waals surface area contributed by atoms with Gasteiger partial charge >= 0.3 is 5.69 Å². The summed E-state index contributed by atoms with van der Waals surface area (Å²) in [4.78, 5) is 27.4. The third kappa shape index (κ3) is 3.12. The molecule has 0 spiro atoms. The van der Waals surface area contributed by atoms with E-state index in [1.807, 2.05) is 59.5 Å². The number of hydrogen-bond donors (Lipinski definition) is 0. The normalized spacial score (nSPS) is 15.0. The second kappa shape index (κ2) is 7.33. The van der Waals surface area contributed by atoms with Crippen molar-refractivity contribution in [2.24, 2.45) is 7.05 Å². The van der Waals surface area contributed by atoms with Crippen LogP contribution in [0.1, 0.15) is 35.1 Å². The third-order valence-corrected chi connectivity index (χ3v) is 5.75. The van der Waals surface area contributed by atoms with Crippen molar-refractivity contribution in [2.45, 2.75) is 18.8 Å². The van der Waals surface area contributed by atoms with Gasteiger partial charge in [0.05, 0.1) is 5.69 Å². The van der Waals surface area contributed by atoms with Crippen LogP contribution in [-0.4, -0.2) is 38.2 Å². The smallest absolute Gasteiger partial charge is 0.350 e. The van der Waals surface area contributed by atoms with Gasteiger partial charge in [-0.1, -0.05) is 36.4 Å². The lowest BCUT2D eigenvalue weighted by atomic mass is 9.95. The fourth-order valence-corrected chi connectivity index (χ4v) is 4.15. The second-order valence-corrected chi connectivity index (χ2v) is 7.65. The highest BCUT2D eigenvalue weighted by atomic mass is 16.3. The molecule has 2 aromatic carbocycles. The molecule has 4 aromatic rings. The van der Waals surface area contributed by atoms with E-state index in [1.165, 1.54) is 4.68 Å². The molecule has 7 nitrogen and oxygen atoms in total. The Labute approximate surface area is 173 Å². The molecule has 0 unspecified atom stereocenters. The Morgan fingerprint density at radius 2 is 1.73 bits per heavy atom.